The minimum atomic E-state index is -0.195. The maximum absolute atomic E-state index is 11.9. The van der Waals surface area contributed by atoms with Crippen molar-refractivity contribution in [2.24, 2.45) is 0 Å². The van der Waals surface area contributed by atoms with Crippen LogP contribution in [0, 0.1) is 13.8 Å². The van der Waals surface area contributed by atoms with Crippen LogP contribution in [0.3, 0.4) is 0 Å². The molecule has 2 heterocycles. The fourth-order valence-corrected chi connectivity index (χ4v) is 2.28. The molecule has 0 atom stereocenters. The molecule has 0 saturated carbocycles. The Morgan fingerprint density at radius 2 is 2.06 bits per heavy atom. The Bertz CT molecular complexity index is 542. The van der Waals surface area contributed by atoms with Gasteiger partial charge in [0, 0.05) is 0 Å². The monoisotopic (exact) mass is 266 g/mol. The molecule has 0 radical (unpaired) electrons. The molecule has 0 fully saturated rings. The molecule has 0 saturated heterocycles. The molecular formula is C11H14N4O2S. The van der Waals surface area contributed by atoms with E-state index in [-0.39, 0.29) is 5.91 Å². The zero-order chi connectivity index (χ0) is 13.1. The first-order chi connectivity index (χ1) is 8.61. The quantitative estimate of drug-likeness (QED) is 0.909. The van der Waals surface area contributed by atoms with Crippen LogP contribution in [-0.2, 0) is 13.0 Å². The van der Waals surface area contributed by atoms with Crippen LogP contribution in [0.15, 0.2) is 4.52 Å². The van der Waals surface area contributed by atoms with E-state index in [1.54, 1.807) is 13.8 Å². The molecule has 0 aliphatic carbocycles. The molecule has 2 aromatic rings. The number of hydrogen-bond donors (Lipinski definition) is 1. The van der Waals surface area contributed by atoms with E-state index in [1.165, 1.54) is 11.3 Å². The van der Waals surface area contributed by atoms with Gasteiger partial charge in [0.15, 0.2) is 0 Å². The number of amides is 1. The molecule has 0 spiro atoms. The lowest BCUT2D eigenvalue weighted by Crippen LogP contribution is -2.23. The number of aryl methyl sites for hydroxylation is 3. The minimum absolute atomic E-state index is 0.195. The van der Waals surface area contributed by atoms with E-state index in [0.29, 0.717) is 23.6 Å². The third kappa shape index (κ3) is 2.56. The van der Waals surface area contributed by atoms with Crippen LogP contribution in [0.4, 0.5) is 0 Å². The molecule has 0 aliphatic heterocycles. The van der Waals surface area contributed by atoms with Crippen molar-refractivity contribution in [3.05, 3.63) is 27.0 Å². The summed E-state index contributed by atoms with van der Waals surface area (Å²) in [7, 11) is 0. The van der Waals surface area contributed by atoms with Crippen molar-refractivity contribution in [3.8, 4) is 0 Å². The highest BCUT2D eigenvalue weighted by atomic mass is 32.1. The second-order valence-corrected chi connectivity index (χ2v) is 4.97. The zero-order valence-corrected chi connectivity index (χ0v) is 11.3. The standard InChI is InChI=1S/C11H14N4O2S/c1-4-8-13-14-9(18-8)5-12-11(16)10-6(2)15-17-7(10)3/h4-5H2,1-3H3,(H,12,16). The Balaban J connectivity index is 2.00. The lowest BCUT2D eigenvalue weighted by atomic mass is 10.2. The van der Waals surface area contributed by atoms with E-state index in [1.807, 2.05) is 6.92 Å². The third-order valence-electron chi connectivity index (χ3n) is 2.47. The average Bonchev–Trinajstić information content (AvgIpc) is 2.93. The summed E-state index contributed by atoms with van der Waals surface area (Å²) in [6, 6.07) is 0. The summed E-state index contributed by atoms with van der Waals surface area (Å²) in [5, 5.41) is 16.3. The van der Waals surface area contributed by atoms with E-state index in [0.717, 1.165) is 16.4 Å². The summed E-state index contributed by atoms with van der Waals surface area (Å²) in [6.45, 7) is 5.86. The third-order valence-corrected chi connectivity index (χ3v) is 3.54. The van der Waals surface area contributed by atoms with Crippen LogP contribution in [-0.4, -0.2) is 21.3 Å². The molecule has 18 heavy (non-hydrogen) atoms. The lowest BCUT2D eigenvalue weighted by Gasteiger charge is -2.01. The number of nitrogens with one attached hydrogen (secondary N) is 1. The summed E-state index contributed by atoms with van der Waals surface area (Å²) >= 11 is 1.50. The van der Waals surface area contributed by atoms with Gasteiger partial charge in [0.25, 0.3) is 5.91 Å². The van der Waals surface area contributed by atoms with Gasteiger partial charge in [0.05, 0.1) is 12.2 Å². The topological polar surface area (TPSA) is 80.9 Å². The smallest absolute Gasteiger partial charge is 0.257 e. The van der Waals surface area contributed by atoms with Gasteiger partial charge in [-0.3, -0.25) is 4.79 Å². The van der Waals surface area contributed by atoms with Gasteiger partial charge in [-0.1, -0.05) is 23.4 Å². The van der Waals surface area contributed by atoms with Crippen LogP contribution in [0.1, 0.15) is 38.8 Å². The molecule has 2 rings (SSSR count). The van der Waals surface area contributed by atoms with E-state index in [2.05, 4.69) is 20.7 Å². The Morgan fingerprint density at radius 1 is 1.33 bits per heavy atom. The van der Waals surface area contributed by atoms with E-state index in [4.69, 9.17) is 4.52 Å². The SMILES string of the molecule is CCc1nnc(CNC(=O)c2c(C)noc2C)s1. The lowest BCUT2D eigenvalue weighted by molar-refractivity contribution is 0.0949. The van der Waals surface area contributed by atoms with Gasteiger partial charge < -0.3 is 9.84 Å². The maximum atomic E-state index is 11.9. The summed E-state index contributed by atoms with van der Waals surface area (Å²) in [5.74, 6) is 0.330. The van der Waals surface area contributed by atoms with Crippen LogP contribution < -0.4 is 5.32 Å². The van der Waals surface area contributed by atoms with E-state index in [9.17, 15) is 4.79 Å². The molecule has 96 valence electrons. The van der Waals surface area contributed by atoms with Gasteiger partial charge in [-0.25, -0.2) is 0 Å². The van der Waals surface area contributed by atoms with Crippen LogP contribution in [0.25, 0.3) is 0 Å². The van der Waals surface area contributed by atoms with Gasteiger partial charge in [-0.15, -0.1) is 10.2 Å². The second kappa shape index (κ2) is 5.26. The van der Waals surface area contributed by atoms with Gasteiger partial charge >= 0.3 is 0 Å². The number of carbonyl (C=O) groups excluding carboxylic acids is 1. The fourth-order valence-electron chi connectivity index (χ4n) is 1.55. The Hall–Kier alpha value is -1.76. The molecular weight excluding hydrogens is 252 g/mol. The number of rotatable bonds is 4. The Morgan fingerprint density at radius 3 is 2.61 bits per heavy atom. The number of hydrogen-bond acceptors (Lipinski definition) is 6. The highest BCUT2D eigenvalue weighted by molar-refractivity contribution is 7.11. The molecule has 1 N–H and O–H groups in total. The predicted octanol–water partition coefficient (Wildman–Crippen LogP) is 1.64. The van der Waals surface area contributed by atoms with Gasteiger partial charge in [0.2, 0.25) is 0 Å². The first-order valence-electron chi connectivity index (χ1n) is 5.64. The van der Waals surface area contributed by atoms with Crippen molar-refractivity contribution in [2.45, 2.75) is 33.7 Å². The molecule has 6 nitrogen and oxygen atoms in total. The number of nitrogens with zero attached hydrogens (tertiary/aromatic N) is 3. The molecule has 7 heteroatoms. The van der Waals surface area contributed by atoms with Crippen LogP contribution in [0.5, 0.6) is 0 Å². The number of aromatic nitrogens is 3. The Labute approximate surface area is 108 Å². The normalized spacial score (nSPS) is 10.6. The first-order valence-corrected chi connectivity index (χ1v) is 6.45. The molecule has 0 aromatic carbocycles. The summed E-state index contributed by atoms with van der Waals surface area (Å²) in [5.41, 5.74) is 1.09. The van der Waals surface area contributed by atoms with Gasteiger partial charge in [-0.2, -0.15) is 0 Å². The summed E-state index contributed by atoms with van der Waals surface area (Å²) in [4.78, 5) is 11.9. The molecule has 2 aromatic heterocycles. The van der Waals surface area contributed by atoms with Gasteiger partial charge in [0.1, 0.15) is 21.3 Å². The van der Waals surface area contributed by atoms with E-state index < -0.39 is 0 Å². The van der Waals surface area contributed by atoms with Crippen LogP contribution in [0.2, 0.25) is 0 Å². The van der Waals surface area contributed by atoms with Crippen molar-refractivity contribution in [3.63, 3.8) is 0 Å². The molecule has 0 bridgehead atoms. The predicted molar refractivity (Wildman–Crippen MR) is 66.4 cm³/mol. The minimum Gasteiger partial charge on any atom is -0.361 e. The first kappa shape index (κ1) is 12.7. The number of carbonyl (C=O) groups is 1. The Kier molecular flexibility index (Phi) is 3.71. The summed E-state index contributed by atoms with van der Waals surface area (Å²) < 4.78 is 4.95. The van der Waals surface area contributed by atoms with Crippen molar-refractivity contribution < 1.29 is 9.32 Å². The van der Waals surface area contributed by atoms with Gasteiger partial charge in [-0.05, 0) is 20.3 Å². The maximum Gasteiger partial charge on any atom is 0.257 e. The second-order valence-electron chi connectivity index (χ2n) is 3.82. The van der Waals surface area contributed by atoms with Crippen molar-refractivity contribution in [1.82, 2.24) is 20.7 Å². The zero-order valence-electron chi connectivity index (χ0n) is 10.5. The van der Waals surface area contributed by atoms with Crippen LogP contribution >= 0.6 is 11.3 Å². The van der Waals surface area contributed by atoms with Crippen molar-refractivity contribution in [2.75, 3.05) is 0 Å². The largest absolute Gasteiger partial charge is 0.361 e. The molecule has 0 unspecified atom stereocenters. The fraction of sp³-hybridized carbons (Fsp3) is 0.455. The molecule has 0 aliphatic rings. The van der Waals surface area contributed by atoms with Crippen molar-refractivity contribution in [1.29, 1.82) is 0 Å². The van der Waals surface area contributed by atoms with Crippen molar-refractivity contribution >= 4 is 17.2 Å². The van der Waals surface area contributed by atoms with E-state index >= 15 is 0 Å². The molecule has 1 amide bonds. The summed E-state index contributed by atoms with van der Waals surface area (Å²) in [6.07, 6.45) is 0.857. The average molecular weight is 266 g/mol. The highest BCUT2D eigenvalue weighted by Crippen LogP contribution is 2.13. The highest BCUT2D eigenvalue weighted by Gasteiger charge is 2.17.